The number of carbonyl (C=O) groups excluding carboxylic acids is 3. The molecular weight excluding hydrogens is 340 g/mol. The number of esters is 1. The Kier molecular flexibility index (Phi) is 5.04. The number of thioether (sulfide) groups is 1. The Balaban J connectivity index is 1.68. The summed E-state index contributed by atoms with van der Waals surface area (Å²) in [6, 6.07) is 15.9. The third kappa shape index (κ3) is 4.00. The van der Waals surface area contributed by atoms with E-state index in [0.29, 0.717) is 5.56 Å². The van der Waals surface area contributed by atoms with Crippen molar-refractivity contribution in [3.8, 4) is 0 Å². The monoisotopic (exact) mass is 356 g/mol. The van der Waals surface area contributed by atoms with E-state index in [9.17, 15) is 14.4 Å². The van der Waals surface area contributed by atoms with Crippen molar-refractivity contribution in [1.29, 1.82) is 0 Å². The molecule has 0 aliphatic carbocycles. The summed E-state index contributed by atoms with van der Waals surface area (Å²) >= 11 is 1.30. The molecule has 0 aromatic heterocycles. The van der Waals surface area contributed by atoms with Crippen molar-refractivity contribution in [2.45, 2.75) is 22.7 Å². The van der Waals surface area contributed by atoms with Gasteiger partial charge < -0.3 is 15.8 Å². The Bertz CT molecular complexity index is 810. The molecule has 0 spiro atoms. The zero-order valence-corrected chi connectivity index (χ0v) is 14.0. The molecule has 1 aliphatic rings. The Morgan fingerprint density at radius 1 is 1.12 bits per heavy atom. The van der Waals surface area contributed by atoms with Crippen molar-refractivity contribution in [2.24, 2.45) is 5.73 Å². The quantitative estimate of drug-likeness (QED) is 0.801. The molecule has 7 heteroatoms. The molecule has 2 amide bonds. The SMILES string of the molecule is NC(=O)C(OC(=O)CC1Sc2ccccc2NC1=O)c1ccccc1. The summed E-state index contributed by atoms with van der Waals surface area (Å²) < 4.78 is 5.23. The van der Waals surface area contributed by atoms with Crippen molar-refractivity contribution >= 4 is 35.2 Å². The zero-order chi connectivity index (χ0) is 17.8. The number of rotatable bonds is 5. The van der Waals surface area contributed by atoms with Crippen LogP contribution in [0.15, 0.2) is 59.5 Å². The number of anilines is 1. The Morgan fingerprint density at radius 2 is 1.80 bits per heavy atom. The fraction of sp³-hybridized carbons (Fsp3) is 0.167. The smallest absolute Gasteiger partial charge is 0.308 e. The van der Waals surface area contributed by atoms with Crippen LogP contribution in [0.25, 0.3) is 0 Å². The lowest BCUT2D eigenvalue weighted by molar-refractivity contribution is -0.155. The van der Waals surface area contributed by atoms with E-state index in [1.165, 1.54) is 11.8 Å². The standard InChI is InChI=1S/C18H16N2O4S/c19-17(22)16(11-6-2-1-3-7-11)24-15(21)10-14-18(23)20-12-8-4-5-9-13(12)25-14/h1-9,14,16H,10H2,(H2,19,22)(H,20,23). The van der Waals surface area contributed by atoms with Gasteiger partial charge in [-0.2, -0.15) is 0 Å². The first-order valence-electron chi connectivity index (χ1n) is 7.65. The van der Waals surface area contributed by atoms with E-state index in [4.69, 9.17) is 10.5 Å². The van der Waals surface area contributed by atoms with Crippen LogP contribution in [0.1, 0.15) is 18.1 Å². The number of carbonyl (C=O) groups is 3. The number of nitrogens with two attached hydrogens (primary N) is 1. The number of para-hydroxylation sites is 1. The largest absolute Gasteiger partial charge is 0.447 e. The maximum absolute atomic E-state index is 12.2. The minimum atomic E-state index is -1.17. The first-order chi connectivity index (χ1) is 12.0. The summed E-state index contributed by atoms with van der Waals surface area (Å²) in [6.07, 6.45) is -1.32. The fourth-order valence-corrected chi connectivity index (χ4v) is 3.57. The minimum absolute atomic E-state index is 0.151. The summed E-state index contributed by atoms with van der Waals surface area (Å²) in [4.78, 5) is 36.9. The third-order valence-corrected chi connectivity index (χ3v) is 4.94. The van der Waals surface area contributed by atoms with E-state index in [-0.39, 0.29) is 12.3 Å². The van der Waals surface area contributed by atoms with Gasteiger partial charge in [0, 0.05) is 10.5 Å². The molecule has 1 heterocycles. The molecule has 0 saturated carbocycles. The van der Waals surface area contributed by atoms with Crippen LogP contribution in [0.5, 0.6) is 0 Å². The normalized spacial score (nSPS) is 17.1. The second kappa shape index (κ2) is 7.40. The third-order valence-electron chi connectivity index (χ3n) is 3.67. The van der Waals surface area contributed by atoms with Gasteiger partial charge in [0.2, 0.25) is 12.0 Å². The molecule has 0 radical (unpaired) electrons. The number of primary amides is 1. The van der Waals surface area contributed by atoms with E-state index in [0.717, 1.165) is 10.6 Å². The Hall–Kier alpha value is -2.80. The van der Waals surface area contributed by atoms with Gasteiger partial charge in [-0.15, -0.1) is 11.8 Å². The topological polar surface area (TPSA) is 98.5 Å². The van der Waals surface area contributed by atoms with Crippen molar-refractivity contribution in [1.82, 2.24) is 0 Å². The number of benzene rings is 2. The van der Waals surface area contributed by atoms with Gasteiger partial charge in [0.1, 0.15) is 0 Å². The van der Waals surface area contributed by atoms with Crippen LogP contribution >= 0.6 is 11.8 Å². The number of ether oxygens (including phenoxy) is 1. The van der Waals surface area contributed by atoms with Crippen LogP contribution in [0.3, 0.4) is 0 Å². The first-order valence-corrected chi connectivity index (χ1v) is 8.53. The van der Waals surface area contributed by atoms with Crippen LogP contribution in [-0.2, 0) is 19.1 Å². The Labute approximate surface area is 148 Å². The van der Waals surface area contributed by atoms with Gasteiger partial charge in [-0.05, 0) is 12.1 Å². The number of nitrogens with one attached hydrogen (secondary N) is 1. The lowest BCUT2D eigenvalue weighted by atomic mass is 10.1. The maximum atomic E-state index is 12.2. The zero-order valence-electron chi connectivity index (χ0n) is 13.2. The van der Waals surface area contributed by atoms with Gasteiger partial charge in [0.05, 0.1) is 17.4 Å². The van der Waals surface area contributed by atoms with Gasteiger partial charge in [-0.3, -0.25) is 14.4 Å². The molecule has 25 heavy (non-hydrogen) atoms. The number of hydrogen-bond acceptors (Lipinski definition) is 5. The van der Waals surface area contributed by atoms with Gasteiger partial charge in [-0.25, -0.2) is 0 Å². The van der Waals surface area contributed by atoms with Gasteiger partial charge in [-0.1, -0.05) is 42.5 Å². The number of hydrogen-bond donors (Lipinski definition) is 2. The molecule has 128 valence electrons. The number of amides is 2. The highest BCUT2D eigenvalue weighted by atomic mass is 32.2. The van der Waals surface area contributed by atoms with E-state index in [1.807, 2.05) is 18.2 Å². The molecule has 3 rings (SSSR count). The van der Waals surface area contributed by atoms with Crippen molar-refractivity contribution in [3.63, 3.8) is 0 Å². The van der Waals surface area contributed by atoms with Crippen LogP contribution < -0.4 is 11.1 Å². The highest BCUT2D eigenvalue weighted by molar-refractivity contribution is 8.01. The molecule has 0 bridgehead atoms. The second-order valence-corrected chi connectivity index (χ2v) is 6.72. The van der Waals surface area contributed by atoms with Gasteiger partial charge in [0.15, 0.2) is 0 Å². The molecule has 0 fully saturated rings. The highest BCUT2D eigenvalue weighted by Gasteiger charge is 2.31. The molecule has 0 saturated heterocycles. The predicted molar refractivity (Wildman–Crippen MR) is 93.8 cm³/mol. The van der Waals surface area contributed by atoms with E-state index >= 15 is 0 Å². The first kappa shape index (κ1) is 17.0. The van der Waals surface area contributed by atoms with E-state index < -0.39 is 23.2 Å². The van der Waals surface area contributed by atoms with Crippen molar-refractivity contribution in [3.05, 3.63) is 60.2 Å². The molecule has 2 atom stereocenters. The fourth-order valence-electron chi connectivity index (χ4n) is 2.48. The molecule has 2 aromatic carbocycles. The van der Waals surface area contributed by atoms with Gasteiger partial charge in [0.25, 0.3) is 5.91 Å². The van der Waals surface area contributed by atoms with Crippen molar-refractivity contribution < 1.29 is 19.1 Å². The van der Waals surface area contributed by atoms with Crippen LogP contribution in [0, 0.1) is 0 Å². The van der Waals surface area contributed by atoms with E-state index in [2.05, 4.69) is 5.32 Å². The lowest BCUT2D eigenvalue weighted by Gasteiger charge is -2.24. The molecular formula is C18H16N2O4S. The van der Waals surface area contributed by atoms with E-state index in [1.54, 1.807) is 36.4 Å². The minimum Gasteiger partial charge on any atom is -0.447 e. The molecule has 2 aromatic rings. The second-order valence-electron chi connectivity index (χ2n) is 5.48. The molecule has 1 aliphatic heterocycles. The summed E-state index contributed by atoms with van der Waals surface area (Å²) in [7, 11) is 0. The summed E-state index contributed by atoms with van der Waals surface area (Å²) in [5.74, 6) is -1.68. The summed E-state index contributed by atoms with van der Waals surface area (Å²) in [6.45, 7) is 0. The molecule has 3 N–H and O–H groups in total. The lowest BCUT2D eigenvalue weighted by Crippen LogP contribution is -2.33. The summed E-state index contributed by atoms with van der Waals surface area (Å²) in [5, 5.41) is 2.15. The average molecular weight is 356 g/mol. The van der Waals surface area contributed by atoms with Crippen LogP contribution in [-0.4, -0.2) is 23.0 Å². The van der Waals surface area contributed by atoms with Crippen molar-refractivity contribution in [2.75, 3.05) is 5.32 Å². The van der Waals surface area contributed by atoms with Gasteiger partial charge >= 0.3 is 5.97 Å². The maximum Gasteiger partial charge on any atom is 0.308 e. The predicted octanol–water partition coefficient (Wildman–Crippen LogP) is 2.26. The molecule has 6 nitrogen and oxygen atoms in total. The van der Waals surface area contributed by atoms with Crippen LogP contribution in [0.2, 0.25) is 0 Å². The highest BCUT2D eigenvalue weighted by Crippen LogP contribution is 2.36. The van der Waals surface area contributed by atoms with Crippen LogP contribution in [0.4, 0.5) is 5.69 Å². The number of fused-ring (bicyclic) bond motifs is 1. The Morgan fingerprint density at radius 3 is 2.52 bits per heavy atom. The summed E-state index contributed by atoms with van der Waals surface area (Å²) in [5.41, 5.74) is 6.56. The average Bonchev–Trinajstić information content (AvgIpc) is 2.61. The molecule has 2 unspecified atom stereocenters.